The number of aliphatic hydroxyl groups is 1. The van der Waals surface area contributed by atoms with Crippen LogP contribution in [0.1, 0.15) is 20.3 Å². The second-order valence-electron chi connectivity index (χ2n) is 6.92. The van der Waals surface area contributed by atoms with Crippen LogP contribution in [0.25, 0.3) is 0 Å². The Morgan fingerprint density at radius 1 is 0.897 bits per heavy atom. The monoisotopic (exact) mass is 414 g/mol. The molecule has 0 saturated heterocycles. The second kappa shape index (κ2) is 9.64. The summed E-state index contributed by atoms with van der Waals surface area (Å²) in [6.07, 6.45) is 0.595. The van der Waals surface area contributed by atoms with E-state index in [2.05, 4.69) is 9.47 Å². The van der Waals surface area contributed by atoms with Crippen molar-refractivity contribution in [3.63, 3.8) is 0 Å². The summed E-state index contributed by atoms with van der Waals surface area (Å²) in [6, 6.07) is 0. The third-order valence-electron chi connectivity index (χ3n) is 4.95. The molecule has 5 atom stereocenters. The number of carbonyl (C=O) groups is 5. The molecule has 0 aromatic heterocycles. The summed E-state index contributed by atoms with van der Waals surface area (Å²) in [5, 5.41) is 11.6. The maximum atomic E-state index is 13.1. The van der Waals surface area contributed by atoms with Crippen molar-refractivity contribution in [3.05, 3.63) is 11.6 Å². The van der Waals surface area contributed by atoms with Gasteiger partial charge in [-0.2, -0.15) is 0 Å². The number of hydrogen-bond acceptors (Lipinski definition) is 10. The molecule has 0 aromatic carbocycles. The van der Waals surface area contributed by atoms with E-state index in [1.807, 2.05) is 0 Å². The van der Waals surface area contributed by atoms with Crippen molar-refractivity contribution in [3.8, 4) is 0 Å². The molecule has 0 aliphatic heterocycles. The molecule has 1 aliphatic rings. The predicted molar refractivity (Wildman–Crippen MR) is 96.0 cm³/mol. The van der Waals surface area contributed by atoms with Gasteiger partial charge in [0.05, 0.1) is 40.5 Å². The lowest BCUT2D eigenvalue weighted by molar-refractivity contribution is -0.197. The fraction of sp³-hybridized carbons (Fsp3) is 0.632. The molecule has 0 heterocycles. The molecule has 0 amide bonds. The van der Waals surface area contributed by atoms with Gasteiger partial charge in [0, 0.05) is 5.92 Å². The van der Waals surface area contributed by atoms with Gasteiger partial charge in [0.15, 0.2) is 5.78 Å². The minimum absolute atomic E-state index is 0.583. The van der Waals surface area contributed by atoms with E-state index in [0.717, 1.165) is 28.4 Å². The topological polar surface area (TPSA) is 142 Å². The lowest BCUT2D eigenvalue weighted by Crippen LogP contribution is -2.65. The number of hydrogen-bond donors (Lipinski definition) is 1. The molecule has 162 valence electrons. The Hall–Kier alpha value is -2.75. The van der Waals surface area contributed by atoms with Crippen LogP contribution in [0.15, 0.2) is 11.6 Å². The van der Waals surface area contributed by atoms with Gasteiger partial charge in [0.25, 0.3) is 0 Å². The first kappa shape index (κ1) is 24.3. The van der Waals surface area contributed by atoms with Crippen LogP contribution < -0.4 is 0 Å². The number of rotatable bonds is 6. The standard InChI is InChI=1S/C19H26O10/c1-9(2)7-10-12(16(22)27-4)15(21)13(17(23)28-5)14(18(24)29-6)19(10,25)8-11(20)26-3/h7,10,12-14,25H,8H2,1-6H3/t10-,12-,13-,14-,19+/m1/s1. The summed E-state index contributed by atoms with van der Waals surface area (Å²) in [4.78, 5) is 62.6. The quantitative estimate of drug-likeness (QED) is 0.269. The SMILES string of the molecule is COC(=O)C[C@]1(O)[C@H](C=C(C)C)[C@@H](C(=O)OC)C(=O)[C@H](C(=O)OC)[C@@H]1C(=O)OC. The average Bonchev–Trinajstić information content (AvgIpc) is 2.68. The number of ketones is 1. The van der Waals surface area contributed by atoms with E-state index in [9.17, 15) is 29.1 Å². The average molecular weight is 414 g/mol. The number of allylic oxidation sites excluding steroid dienone is 1. The number of Topliss-reactive ketones (excluding diaryl/α,β-unsaturated/α-hetero) is 1. The van der Waals surface area contributed by atoms with Gasteiger partial charge >= 0.3 is 23.9 Å². The predicted octanol–water partition coefficient (Wildman–Crippen LogP) is -0.187. The Balaban J connectivity index is 3.89. The molecule has 0 bridgehead atoms. The second-order valence-corrected chi connectivity index (χ2v) is 6.92. The van der Waals surface area contributed by atoms with Crippen molar-refractivity contribution in [1.82, 2.24) is 0 Å². The third-order valence-corrected chi connectivity index (χ3v) is 4.95. The van der Waals surface area contributed by atoms with Crippen LogP contribution in [0.3, 0.4) is 0 Å². The molecular weight excluding hydrogens is 388 g/mol. The van der Waals surface area contributed by atoms with Gasteiger partial charge in [-0.1, -0.05) is 11.6 Å². The van der Waals surface area contributed by atoms with Gasteiger partial charge in [-0.3, -0.25) is 24.0 Å². The maximum absolute atomic E-state index is 13.1. The van der Waals surface area contributed by atoms with E-state index in [0.29, 0.717) is 5.57 Å². The number of methoxy groups -OCH3 is 4. The molecule has 0 spiro atoms. The van der Waals surface area contributed by atoms with Gasteiger partial charge in [-0.15, -0.1) is 0 Å². The Labute approximate surface area is 168 Å². The van der Waals surface area contributed by atoms with Gasteiger partial charge in [0.1, 0.15) is 17.8 Å². The molecule has 1 rings (SSSR count). The Morgan fingerprint density at radius 3 is 1.79 bits per heavy atom. The fourth-order valence-electron chi connectivity index (χ4n) is 3.69. The minimum Gasteiger partial charge on any atom is -0.469 e. The Kier molecular flexibility index (Phi) is 8.07. The highest BCUT2D eigenvalue weighted by Crippen LogP contribution is 2.48. The van der Waals surface area contributed by atoms with Crippen molar-refractivity contribution in [2.45, 2.75) is 25.9 Å². The first-order valence-corrected chi connectivity index (χ1v) is 8.71. The van der Waals surface area contributed by atoms with E-state index in [1.165, 1.54) is 6.08 Å². The molecule has 1 N–H and O–H groups in total. The van der Waals surface area contributed by atoms with Crippen molar-refractivity contribution in [1.29, 1.82) is 0 Å². The molecule has 29 heavy (non-hydrogen) atoms. The first-order valence-electron chi connectivity index (χ1n) is 8.71. The summed E-state index contributed by atoms with van der Waals surface area (Å²) >= 11 is 0. The normalized spacial score (nSPS) is 28.7. The third kappa shape index (κ3) is 4.64. The van der Waals surface area contributed by atoms with Crippen molar-refractivity contribution < 1.29 is 48.0 Å². The summed E-state index contributed by atoms with van der Waals surface area (Å²) in [5.41, 5.74) is -1.79. The molecule has 1 aliphatic carbocycles. The van der Waals surface area contributed by atoms with Crippen LogP contribution >= 0.6 is 0 Å². The molecule has 1 saturated carbocycles. The Bertz CT molecular complexity index is 721. The maximum Gasteiger partial charge on any atom is 0.317 e. The first-order chi connectivity index (χ1) is 13.5. The van der Waals surface area contributed by atoms with Crippen LogP contribution in [0.5, 0.6) is 0 Å². The minimum atomic E-state index is -2.37. The molecule has 10 heteroatoms. The zero-order valence-corrected chi connectivity index (χ0v) is 17.2. The van der Waals surface area contributed by atoms with Crippen LogP contribution in [0, 0.1) is 23.7 Å². The highest BCUT2D eigenvalue weighted by molar-refractivity contribution is 6.12. The van der Waals surface area contributed by atoms with E-state index < -0.39 is 65.4 Å². The summed E-state index contributed by atoms with van der Waals surface area (Å²) in [5.74, 6) is -11.9. The van der Waals surface area contributed by atoms with Crippen LogP contribution in [-0.4, -0.2) is 68.8 Å². The van der Waals surface area contributed by atoms with E-state index in [-0.39, 0.29) is 0 Å². The number of esters is 4. The highest BCUT2D eigenvalue weighted by atomic mass is 16.5. The summed E-state index contributed by atoms with van der Waals surface area (Å²) in [6.45, 7) is 3.27. The fourth-order valence-corrected chi connectivity index (χ4v) is 3.69. The number of ether oxygens (including phenoxy) is 4. The molecule has 0 aromatic rings. The van der Waals surface area contributed by atoms with Gasteiger partial charge in [-0.05, 0) is 13.8 Å². The molecule has 10 nitrogen and oxygen atoms in total. The van der Waals surface area contributed by atoms with Crippen LogP contribution in [0.2, 0.25) is 0 Å². The van der Waals surface area contributed by atoms with Crippen molar-refractivity contribution >= 4 is 29.7 Å². The number of carbonyl (C=O) groups excluding carboxylic acids is 5. The summed E-state index contributed by atoms with van der Waals surface area (Å²) in [7, 11) is 4.09. The Morgan fingerprint density at radius 2 is 1.38 bits per heavy atom. The zero-order valence-electron chi connectivity index (χ0n) is 17.2. The van der Waals surface area contributed by atoms with Crippen LogP contribution in [-0.2, 0) is 42.9 Å². The lowest BCUT2D eigenvalue weighted by Gasteiger charge is -2.47. The van der Waals surface area contributed by atoms with Crippen molar-refractivity contribution in [2.24, 2.45) is 23.7 Å². The molecule has 0 unspecified atom stereocenters. The van der Waals surface area contributed by atoms with E-state index in [4.69, 9.17) is 9.47 Å². The van der Waals surface area contributed by atoms with E-state index in [1.54, 1.807) is 13.8 Å². The lowest BCUT2D eigenvalue weighted by atomic mass is 9.57. The van der Waals surface area contributed by atoms with Gasteiger partial charge < -0.3 is 24.1 Å². The van der Waals surface area contributed by atoms with Gasteiger partial charge in [0.2, 0.25) is 0 Å². The largest absolute Gasteiger partial charge is 0.469 e. The van der Waals surface area contributed by atoms with E-state index >= 15 is 0 Å². The highest BCUT2D eigenvalue weighted by Gasteiger charge is 2.65. The van der Waals surface area contributed by atoms with Crippen LogP contribution in [0.4, 0.5) is 0 Å². The van der Waals surface area contributed by atoms with Crippen molar-refractivity contribution in [2.75, 3.05) is 28.4 Å². The smallest absolute Gasteiger partial charge is 0.317 e. The molecule has 1 fully saturated rings. The molecular formula is C19H26O10. The van der Waals surface area contributed by atoms with Gasteiger partial charge in [-0.25, -0.2) is 0 Å². The molecule has 0 radical (unpaired) electrons. The summed E-state index contributed by atoms with van der Waals surface area (Å²) < 4.78 is 18.6. The zero-order chi connectivity index (χ0) is 22.5.